The number of halogens is 1. The second kappa shape index (κ2) is 6.42. The monoisotopic (exact) mass is 370 g/mol. The number of nitrogens with zero attached hydrogens (tertiary/aromatic N) is 4. The van der Waals surface area contributed by atoms with Crippen LogP contribution in [0, 0.1) is 5.82 Å². The normalized spacial score (nSPS) is 11.3. The van der Waals surface area contributed by atoms with E-state index in [4.69, 9.17) is 0 Å². The zero-order valence-electron chi connectivity index (χ0n) is 14.8. The lowest BCUT2D eigenvalue weighted by Crippen LogP contribution is -2.21. The summed E-state index contributed by atoms with van der Waals surface area (Å²) in [7, 11) is 0. The van der Waals surface area contributed by atoms with Gasteiger partial charge in [0.2, 0.25) is 0 Å². The standard InChI is InChI=1S/C22H15FN4O/c23-19-9-15(16-7-8-18-10-24-14-26(18)12-16)5-6-17(19)13-27-21-4-2-1-3-20(21)25-11-22(27)28/h1-12,14H,13H2. The minimum Gasteiger partial charge on any atom is -0.306 e. The molecule has 0 aliphatic carbocycles. The van der Waals surface area contributed by atoms with E-state index >= 15 is 0 Å². The molecule has 5 rings (SSSR count). The minimum absolute atomic E-state index is 0.147. The van der Waals surface area contributed by atoms with Crippen LogP contribution in [0.2, 0.25) is 0 Å². The first-order valence-corrected chi connectivity index (χ1v) is 8.84. The van der Waals surface area contributed by atoms with Crippen LogP contribution in [0.3, 0.4) is 0 Å². The van der Waals surface area contributed by atoms with Crippen molar-refractivity contribution in [1.29, 1.82) is 0 Å². The van der Waals surface area contributed by atoms with E-state index in [1.54, 1.807) is 18.6 Å². The summed E-state index contributed by atoms with van der Waals surface area (Å²) in [6, 6.07) is 16.3. The van der Waals surface area contributed by atoms with Crippen molar-refractivity contribution in [2.24, 2.45) is 0 Å². The molecule has 0 bridgehead atoms. The van der Waals surface area contributed by atoms with Crippen LogP contribution in [-0.2, 0) is 6.54 Å². The molecule has 0 radical (unpaired) electrons. The maximum absolute atomic E-state index is 14.9. The van der Waals surface area contributed by atoms with Crippen LogP contribution < -0.4 is 5.56 Å². The number of benzene rings is 2. The third-order valence-electron chi connectivity index (χ3n) is 4.88. The highest BCUT2D eigenvalue weighted by molar-refractivity contribution is 5.74. The summed E-state index contributed by atoms with van der Waals surface area (Å²) in [6.07, 6.45) is 6.67. The maximum atomic E-state index is 14.9. The topological polar surface area (TPSA) is 52.2 Å². The second-order valence-corrected chi connectivity index (χ2v) is 6.62. The number of para-hydroxylation sites is 2. The first-order chi connectivity index (χ1) is 13.7. The fourth-order valence-corrected chi connectivity index (χ4v) is 3.39. The molecule has 5 aromatic rings. The average molecular weight is 370 g/mol. The zero-order chi connectivity index (χ0) is 19.1. The quantitative estimate of drug-likeness (QED) is 0.484. The molecule has 0 amide bonds. The first kappa shape index (κ1) is 16.4. The van der Waals surface area contributed by atoms with Gasteiger partial charge < -0.3 is 8.97 Å². The summed E-state index contributed by atoms with van der Waals surface area (Å²) in [5.41, 5.74) is 4.21. The van der Waals surface area contributed by atoms with E-state index in [1.807, 2.05) is 53.1 Å². The van der Waals surface area contributed by atoms with Crippen LogP contribution in [-0.4, -0.2) is 18.9 Å². The highest BCUT2D eigenvalue weighted by atomic mass is 19.1. The lowest BCUT2D eigenvalue weighted by molar-refractivity contribution is 0.599. The first-order valence-electron chi connectivity index (χ1n) is 8.84. The predicted molar refractivity (Wildman–Crippen MR) is 106 cm³/mol. The van der Waals surface area contributed by atoms with E-state index in [2.05, 4.69) is 9.97 Å². The number of hydrogen-bond donors (Lipinski definition) is 0. The van der Waals surface area contributed by atoms with Gasteiger partial charge in [-0.15, -0.1) is 0 Å². The Bertz CT molecular complexity index is 1390. The Morgan fingerprint density at radius 3 is 2.71 bits per heavy atom. The van der Waals surface area contributed by atoms with Gasteiger partial charge in [-0.3, -0.25) is 4.79 Å². The molecular weight excluding hydrogens is 355 g/mol. The van der Waals surface area contributed by atoms with Gasteiger partial charge in [-0.1, -0.05) is 30.3 Å². The summed E-state index contributed by atoms with van der Waals surface area (Å²) < 4.78 is 18.3. The summed E-state index contributed by atoms with van der Waals surface area (Å²) in [5.74, 6) is -0.351. The van der Waals surface area contributed by atoms with Crippen molar-refractivity contribution >= 4 is 16.6 Å². The Labute approximate surface area is 159 Å². The molecule has 28 heavy (non-hydrogen) atoms. The smallest absolute Gasteiger partial charge is 0.269 e. The molecule has 6 heteroatoms. The summed E-state index contributed by atoms with van der Waals surface area (Å²) >= 11 is 0. The summed E-state index contributed by atoms with van der Waals surface area (Å²) in [5, 5.41) is 0. The Morgan fingerprint density at radius 2 is 1.82 bits per heavy atom. The van der Waals surface area contributed by atoms with Crippen LogP contribution in [0.15, 0.2) is 84.3 Å². The van der Waals surface area contributed by atoms with Crippen molar-refractivity contribution in [1.82, 2.24) is 18.9 Å². The lowest BCUT2D eigenvalue weighted by atomic mass is 10.0. The summed E-state index contributed by atoms with van der Waals surface area (Å²) in [6.45, 7) is 0.147. The Balaban J connectivity index is 1.54. The van der Waals surface area contributed by atoms with Crippen molar-refractivity contribution in [2.75, 3.05) is 0 Å². The fourth-order valence-electron chi connectivity index (χ4n) is 3.39. The highest BCUT2D eigenvalue weighted by Crippen LogP contribution is 2.23. The van der Waals surface area contributed by atoms with E-state index in [0.717, 1.165) is 16.6 Å². The van der Waals surface area contributed by atoms with Gasteiger partial charge in [0.05, 0.1) is 41.8 Å². The third kappa shape index (κ3) is 2.75. The van der Waals surface area contributed by atoms with Crippen molar-refractivity contribution in [3.8, 4) is 11.1 Å². The molecule has 0 saturated heterocycles. The van der Waals surface area contributed by atoms with Gasteiger partial charge in [0.25, 0.3) is 5.56 Å². The molecule has 0 fully saturated rings. The minimum atomic E-state index is -0.351. The second-order valence-electron chi connectivity index (χ2n) is 6.62. The fraction of sp³-hybridized carbons (Fsp3) is 0.0455. The highest BCUT2D eigenvalue weighted by Gasteiger charge is 2.10. The molecule has 0 saturated carbocycles. The van der Waals surface area contributed by atoms with Gasteiger partial charge in [-0.25, -0.2) is 14.4 Å². The number of fused-ring (bicyclic) bond motifs is 2. The maximum Gasteiger partial charge on any atom is 0.269 e. The van der Waals surface area contributed by atoms with Crippen molar-refractivity contribution in [3.63, 3.8) is 0 Å². The SMILES string of the molecule is O=c1cnc2ccccc2n1Cc1ccc(-c2ccc3cncn3c2)cc1F. The predicted octanol–water partition coefficient (Wildman–Crippen LogP) is 3.90. The van der Waals surface area contributed by atoms with Crippen molar-refractivity contribution < 1.29 is 4.39 Å². The van der Waals surface area contributed by atoms with Gasteiger partial charge >= 0.3 is 0 Å². The number of hydrogen-bond acceptors (Lipinski definition) is 3. The van der Waals surface area contributed by atoms with Crippen LogP contribution in [0.5, 0.6) is 0 Å². The lowest BCUT2D eigenvalue weighted by Gasteiger charge is -2.11. The summed E-state index contributed by atoms with van der Waals surface area (Å²) in [4.78, 5) is 20.5. The number of aromatic nitrogens is 4. The van der Waals surface area contributed by atoms with Crippen LogP contribution in [0.4, 0.5) is 4.39 Å². The van der Waals surface area contributed by atoms with Gasteiger partial charge in [0, 0.05) is 11.8 Å². The van der Waals surface area contributed by atoms with E-state index in [1.165, 1.54) is 16.8 Å². The molecule has 2 aromatic carbocycles. The van der Waals surface area contributed by atoms with E-state index < -0.39 is 0 Å². The molecule has 5 nitrogen and oxygen atoms in total. The Hall–Kier alpha value is -3.80. The van der Waals surface area contributed by atoms with Gasteiger partial charge in [-0.05, 0) is 35.4 Å². The molecule has 0 spiro atoms. The van der Waals surface area contributed by atoms with Gasteiger partial charge in [0.1, 0.15) is 5.82 Å². The molecule has 0 N–H and O–H groups in total. The van der Waals surface area contributed by atoms with Crippen LogP contribution in [0.1, 0.15) is 5.56 Å². The third-order valence-corrected chi connectivity index (χ3v) is 4.88. The molecule has 136 valence electrons. The van der Waals surface area contributed by atoms with Crippen molar-refractivity contribution in [2.45, 2.75) is 6.54 Å². The van der Waals surface area contributed by atoms with E-state index in [9.17, 15) is 9.18 Å². The van der Waals surface area contributed by atoms with Gasteiger partial charge in [0.15, 0.2) is 0 Å². The number of pyridine rings is 1. The van der Waals surface area contributed by atoms with Crippen LogP contribution in [0.25, 0.3) is 27.7 Å². The molecule has 0 aliphatic rings. The molecule has 0 atom stereocenters. The van der Waals surface area contributed by atoms with E-state index in [0.29, 0.717) is 16.6 Å². The molecule has 0 unspecified atom stereocenters. The molecular formula is C22H15FN4O. The Morgan fingerprint density at radius 1 is 0.964 bits per heavy atom. The molecule has 3 heterocycles. The van der Waals surface area contributed by atoms with Crippen LogP contribution >= 0.6 is 0 Å². The van der Waals surface area contributed by atoms with Crippen molar-refractivity contribution in [3.05, 3.63) is 101 Å². The molecule has 0 aliphatic heterocycles. The largest absolute Gasteiger partial charge is 0.306 e. The van der Waals surface area contributed by atoms with E-state index in [-0.39, 0.29) is 17.9 Å². The Kier molecular flexibility index (Phi) is 3.76. The molecule has 3 aromatic heterocycles. The number of imidazole rings is 1. The number of rotatable bonds is 3. The zero-order valence-corrected chi connectivity index (χ0v) is 14.8. The van der Waals surface area contributed by atoms with Gasteiger partial charge in [-0.2, -0.15) is 0 Å². The average Bonchev–Trinajstić information content (AvgIpc) is 3.19.